The molecule has 0 bridgehead atoms. The van der Waals surface area contributed by atoms with E-state index in [-0.39, 0.29) is 11.9 Å². The second kappa shape index (κ2) is 13.1. The number of nitrogens with one attached hydrogen (secondary N) is 1. The number of aryl methyl sites for hydroxylation is 3. The molecular weight excluding hydrogens is 468 g/mol. The van der Waals surface area contributed by atoms with Gasteiger partial charge in [-0.1, -0.05) is 6.07 Å². The maximum atomic E-state index is 12.9. The topological polar surface area (TPSA) is 94.4 Å². The molecule has 1 aliphatic heterocycles. The molecule has 1 unspecified atom stereocenters. The Kier molecular flexibility index (Phi) is 9.35. The van der Waals surface area contributed by atoms with Gasteiger partial charge < -0.3 is 24.3 Å². The van der Waals surface area contributed by atoms with Crippen molar-refractivity contribution in [2.24, 2.45) is 0 Å². The molecule has 4 rings (SSSR count). The van der Waals surface area contributed by atoms with Gasteiger partial charge in [-0.15, -0.1) is 0 Å². The molecule has 9 heteroatoms. The number of hydrogen-bond donors (Lipinski definition) is 1. The van der Waals surface area contributed by atoms with Gasteiger partial charge >= 0.3 is 0 Å². The number of imidazole rings is 1. The molecule has 1 aromatic carbocycles. The maximum absolute atomic E-state index is 12.9. The molecule has 2 aromatic heterocycles. The fraction of sp³-hybridized carbons (Fsp3) is 0.500. The lowest BCUT2D eigenvalue weighted by atomic mass is 9.98. The van der Waals surface area contributed by atoms with Gasteiger partial charge in [0.25, 0.3) is 0 Å². The SMILES string of the molecule is CCOc1cc(CCNC(=O)CC2CCCCN2c2cc(C)nc(CCn3ccnc3)n2)ccc1OC. The summed E-state index contributed by atoms with van der Waals surface area (Å²) in [5.74, 6) is 3.27. The van der Waals surface area contributed by atoms with Gasteiger partial charge in [-0.05, 0) is 57.2 Å². The molecule has 1 fully saturated rings. The van der Waals surface area contributed by atoms with Gasteiger partial charge in [0.15, 0.2) is 11.5 Å². The molecule has 1 aliphatic rings. The zero-order valence-corrected chi connectivity index (χ0v) is 22.2. The van der Waals surface area contributed by atoms with E-state index in [9.17, 15) is 4.79 Å². The number of hydrogen-bond acceptors (Lipinski definition) is 7. The lowest BCUT2D eigenvalue weighted by Crippen LogP contribution is -2.43. The first kappa shape index (κ1) is 26.4. The van der Waals surface area contributed by atoms with Crippen molar-refractivity contribution in [3.05, 3.63) is 60.1 Å². The van der Waals surface area contributed by atoms with Crippen LogP contribution in [0.2, 0.25) is 0 Å². The molecule has 3 aromatic rings. The van der Waals surface area contributed by atoms with Crippen LogP contribution in [0.15, 0.2) is 43.0 Å². The summed E-state index contributed by atoms with van der Waals surface area (Å²) in [6.45, 7) is 6.80. The summed E-state index contributed by atoms with van der Waals surface area (Å²) < 4.78 is 13.1. The molecule has 0 radical (unpaired) electrons. The number of anilines is 1. The Bertz CT molecular complexity index is 1150. The number of methoxy groups -OCH3 is 1. The number of benzene rings is 1. The number of ether oxygens (including phenoxy) is 2. The lowest BCUT2D eigenvalue weighted by Gasteiger charge is -2.36. The molecule has 9 nitrogen and oxygen atoms in total. The van der Waals surface area contributed by atoms with E-state index in [1.165, 1.54) is 0 Å². The van der Waals surface area contributed by atoms with E-state index >= 15 is 0 Å². The smallest absolute Gasteiger partial charge is 0.222 e. The van der Waals surface area contributed by atoms with E-state index in [0.717, 1.165) is 79.6 Å². The van der Waals surface area contributed by atoms with Crippen molar-refractivity contribution in [2.75, 3.05) is 31.7 Å². The fourth-order valence-electron chi connectivity index (χ4n) is 4.81. The van der Waals surface area contributed by atoms with Crippen molar-refractivity contribution in [3.8, 4) is 11.5 Å². The van der Waals surface area contributed by atoms with Crippen molar-refractivity contribution < 1.29 is 14.3 Å². The Morgan fingerprint density at radius 3 is 2.84 bits per heavy atom. The number of carbonyl (C=O) groups excluding carboxylic acids is 1. The highest BCUT2D eigenvalue weighted by Gasteiger charge is 2.26. The molecule has 3 heterocycles. The van der Waals surface area contributed by atoms with Gasteiger partial charge in [-0.3, -0.25) is 4.79 Å². The van der Waals surface area contributed by atoms with E-state index in [2.05, 4.69) is 20.2 Å². The van der Waals surface area contributed by atoms with Crippen molar-refractivity contribution in [3.63, 3.8) is 0 Å². The highest BCUT2D eigenvalue weighted by Crippen LogP contribution is 2.28. The van der Waals surface area contributed by atoms with Crippen LogP contribution >= 0.6 is 0 Å². The quantitative estimate of drug-likeness (QED) is 0.400. The molecule has 1 saturated heterocycles. The third-order valence-corrected chi connectivity index (χ3v) is 6.65. The van der Waals surface area contributed by atoms with E-state index in [1.54, 1.807) is 13.3 Å². The van der Waals surface area contributed by atoms with E-state index < -0.39 is 0 Å². The minimum absolute atomic E-state index is 0.0709. The van der Waals surface area contributed by atoms with Crippen LogP contribution in [0.3, 0.4) is 0 Å². The highest BCUT2D eigenvalue weighted by molar-refractivity contribution is 5.77. The molecule has 198 valence electrons. The Morgan fingerprint density at radius 1 is 1.16 bits per heavy atom. The standard InChI is InChI=1S/C28H38N6O3/c1-4-37-25-18-22(8-9-24(25)36-3)10-12-30-28(35)19-23-7-5-6-14-34(23)27-17-21(2)31-26(32-27)11-15-33-16-13-29-20-33/h8-9,13,16-18,20,23H,4-7,10-12,14-15,19H2,1-3H3,(H,30,35). The number of nitrogens with zero attached hydrogens (tertiary/aromatic N) is 5. The van der Waals surface area contributed by atoms with Crippen molar-refractivity contribution in [2.45, 2.75) is 65.0 Å². The minimum Gasteiger partial charge on any atom is -0.493 e. The minimum atomic E-state index is 0.0709. The van der Waals surface area contributed by atoms with E-state index in [0.29, 0.717) is 19.6 Å². The zero-order valence-electron chi connectivity index (χ0n) is 22.2. The molecule has 1 atom stereocenters. The normalized spacial score (nSPS) is 15.4. The Balaban J connectivity index is 1.33. The molecule has 0 saturated carbocycles. The Morgan fingerprint density at radius 2 is 2.05 bits per heavy atom. The van der Waals surface area contributed by atoms with Crippen LogP contribution in [-0.4, -0.2) is 58.3 Å². The number of amides is 1. The molecular formula is C28H38N6O3. The predicted molar refractivity (Wildman–Crippen MR) is 143 cm³/mol. The first-order chi connectivity index (χ1) is 18.1. The second-order valence-corrected chi connectivity index (χ2v) is 9.40. The summed E-state index contributed by atoms with van der Waals surface area (Å²) >= 11 is 0. The summed E-state index contributed by atoms with van der Waals surface area (Å²) in [6, 6.07) is 8.08. The van der Waals surface area contributed by atoms with E-state index in [4.69, 9.17) is 14.5 Å². The average molecular weight is 507 g/mol. The predicted octanol–water partition coefficient (Wildman–Crippen LogP) is 3.74. The molecule has 0 spiro atoms. The summed E-state index contributed by atoms with van der Waals surface area (Å²) in [6.07, 6.45) is 10.7. The second-order valence-electron chi connectivity index (χ2n) is 9.40. The van der Waals surface area contributed by atoms with Gasteiger partial charge in [0.05, 0.1) is 20.0 Å². The van der Waals surface area contributed by atoms with Crippen LogP contribution in [0.5, 0.6) is 11.5 Å². The number of rotatable bonds is 12. The maximum Gasteiger partial charge on any atom is 0.222 e. The lowest BCUT2D eigenvalue weighted by molar-refractivity contribution is -0.121. The van der Waals surface area contributed by atoms with Crippen LogP contribution in [0.1, 0.15) is 49.7 Å². The number of carbonyl (C=O) groups is 1. The fourth-order valence-corrected chi connectivity index (χ4v) is 4.81. The molecule has 1 N–H and O–H groups in total. The van der Waals surface area contributed by atoms with Crippen LogP contribution in [0.25, 0.3) is 0 Å². The largest absolute Gasteiger partial charge is 0.493 e. The molecule has 1 amide bonds. The summed E-state index contributed by atoms with van der Waals surface area (Å²) in [7, 11) is 1.64. The van der Waals surface area contributed by atoms with Crippen molar-refractivity contribution >= 4 is 11.7 Å². The monoisotopic (exact) mass is 506 g/mol. The van der Waals surface area contributed by atoms with E-state index in [1.807, 2.05) is 55.2 Å². The van der Waals surface area contributed by atoms with Gasteiger partial charge in [-0.2, -0.15) is 0 Å². The van der Waals surface area contributed by atoms with Gasteiger partial charge in [0.2, 0.25) is 5.91 Å². The van der Waals surface area contributed by atoms with Crippen LogP contribution in [0, 0.1) is 6.92 Å². The average Bonchev–Trinajstić information content (AvgIpc) is 3.42. The van der Waals surface area contributed by atoms with Crippen molar-refractivity contribution in [1.82, 2.24) is 24.8 Å². The number of aromatic nitrogens is 4. The summed E-state index contributed by atoms with van der Waals surface area (Å²) in [5.41, 5.74) is 2.05. The third-order valence-electron chi connectivity index (χ3n) is 6.65. The van der Waals surface area contributed by atoms with Crippen LogP contribution in [0.4, 0.5) is 5.82 Å². The van der Waals surface area contributed by atoms with Gasteiger partial charge in [0, 0.05) is 62.7 Å². The Labute approximate surface area is 219 Å². The highest BCUT2D eigenvalue weighted by atomic mass is 16.5. The summed E-state index contributed by atoms with van der Waals surface area (Å²) in [4.78, 5) is 28.8. The number of piperidine rings is 1. The molecule has 37 heavy (non-hydrogen) atoms. The van der Waals surface area contributed by atoms with Gasteiger partial charge in [-0.25, -0.2) is 15.0 Å². The first-order valence-corrected chi connectivity index (χ1v) is 13.2. The third kappa shape index (κ3) is 7.44. The Hall–Kier alpha value is -3.62. The first-order valence-electron chi connectivity index (χ1n) is 13.2. The zero-order chi connectivity index (χ0) is 26.0. The molecule has 0 aliphatic carbocycles. The summed E-state index contributed by atoms with van der Waals surface area (Å²) in [5, 5.41) is 3.11. The van der Waals surface area contributed by atoms with Gasteiger partial charge in [0.1, 0.15) is 11.6 Å². The van der Waals surface area contributed by atoms with Crippen LogP contribution in [-0.2, 0) is 24.2 Å². The van der Waals surface area contributed by atoms with Crippen LogP contribution < -0.4 is 19.7 Å². The van der Waals surface area contributed by atoms with Crippen molar-refractivity contribution in [1.29, 1.82) is 0 Å².